The van der Waals surface area contributed by atoms with Crippen molar-refractivity contribution in [2.75, 3.05) is 0 Å². The van der Waals surface area contributed by atoms with Crippen molar-refractivity contribution in [3.8, 4) is 11.1 Å². The van der Waals surface area contributed by atoms with Crippen molar-refractivity contribution in [2.45, 2.75) is 103 Å². The van der Waals surface area contributed by atoms with Gasteiger partial charge in [-0.2, -0.15) is 23.4 Å². The highest BCUT2D eigenvalue weighted by Crippen LogP contribution is 2.62. The number of aryl methyl sites for hydroxylation is 1. The van der Waals surface area contributed by atoms with Gasteiger partial charge in [-0.25, -0.2) is 9.97 Å². The Hall–Kier alpha value is -5.01. The third-order valence-electron chi connectivity index (χ3n) is 10.4. The molecule has 2 aliphatic heterocycles. The average Bonchev–Trinajstić information content (AvgIpc) is 3.32. The van der Waals surface area contributed by atoms with Gasteiger partial charge in [-0.1, -0.05) is 12.2 Å². The quantitative estimate of drug-likeness (QED) is 0.188. The van der Waals surface area contributed by atoms with E-state index in [-0.39, 0.29) is 59.1 Å². The summed E-state index contributed by atoms with van der Waals surface area (Å²) in [5.74, 6) is -0.179. The minimum absolute atomic E-state index is 0.141. The Bertz CT molecular complexity index is 2070. The van der Waals surface area contributed by atoms with E-state index in [0.29, 0.717) is 68.1 Å². The van der Waals surface area contributed by atoms with Gasteiger partial charge in [0.15, 0.2) is 11.6 Å². The molecule has 3 aromatic heterocycles. The number of allylic oxidation sites excluding steroid dienone is 2. The molecule has 1 saturated carbocycles. The van der Waals surface area contributed by atoms with Crippen molar-refractivity contribution in [3.05, 3.63) is 71.7 Å². The summed E-state index contributed by atoms with van der Waals surface area (Å²) < 4.78 is 41.1. The van der Waals surface area contributed by atoms with Crippen LogP contribution in [0.1, 0.15) is 79.4 Å². The molecule has 266 valence electrons. The van der Waals surface area contributed by atoms with Gasteiger partial charge in [-0.3, -0.25) is 28.5 Å². The Morgan fingerprint density at radius 3 is 2.55 bits per heavy atom. The third kappa shape index (κ3) is 7.13. The topological polar surface area (TPSA) is 133 Å². The molecule has 2 bridgehead atoms. The number of piperidine rings is 1. The number of alkyl halides is 3. The number of Topliss-reactive ketones (excluding diaryl/α,β-unsaturated/α-hetero) is 3. The largest absolute Gasteiger partial charge is 0.408 e. The summed E-state index contributed by atoms with van der Waals surface area (Å²) in [7, 11) is 0. The van der Waals surface area contributed by atoms with Crippen LogP contribution >= 0.6 is 0 Å². The molecule has 0 N–H and O–H groups in total. The van der Waals surface area contributed by atoms with Gasteiger partial charge >= 0.3 is 6.18 Å². The molecule has 1 aromatic carbocycles. The minimum Gasteiger partial charge on any atom is -0.327 e. The molecule has 1 aliphatic carbocycles. The van der Waals surface area contributed by atoms with E-state index in [1.165, 1.54) is 19.2 Å². The standard InChI is InChI=1S/C37H38F3N7O4/c1-22(48)34-29-14-25(26-18-41-23(2)42-19-26)13-24-7-5-3-4-6-8-28(49)9-11-36-16-30(31(50)15-27-10-12-45(43-27)21-37(38,39)40)47(32(36)17-36)33(51)20-46(44-34)35(24)29/h3,5,10,12-14,18-19,30,32H,4,6-9,11,15-17,20-21H2,1-2H3/t30-,32+,36-/m0/s1. The van der Waals surface area contributed by atoms with Crippen LogP contribution in [-0.4, -0.2) is 75.9 Å². The molecule has 3 atom stereocenters. The summed E-state index contributed by atoms with van der Waals surface area (Å²) in [6.45, 7) is 1.72. The molecule has 7 rings (SSSR count). The van der Waals surface area contributed by atoms with Gasteiger partial charge < -0.3 is 4.90 Å². The highest BCUT2D eigenvalue weighted by atomic mass is 19.4. The normalized spacial score (nSPS) is 22.6. The molecule has 14 heteroatoms. The first kappa shape index (κ1) is 34.4. The van der Waals surface area contributed by atoms with Gasteiger partial charge in [0.25, 0.3) is 0 Å². The van der Waals surface area contributed by atoms with E-state index in [0.717, 1.165) is 21.4 Å². The number of ketones is 3. The van der Waals surface area contributed by atoms with Gasteiger partial charge in [-0.05, 0) is 80.2 Å². The maximum atomic E-state index is 14.4. The maximum Gasteiger partial charge on any atom is 0.408 e. The Morgan fingerprint density at radius 2 is 1.80 bits per heavy atom. The summed E-state index contributed by atoms with van der Waals surface area (Å²) in [5, 5.41) is 9.21. The first-order valence-electron chi connectivity index (χ1n) is 17.2. The van der Waals surface area contributed by atoms with E-state index >= 15 is 0 Å². The highest BCUT2D eigenvalue weighted by molar-refractivity contribution is 6.07. The lowest BCUT2D eigenvalue weighted by molar-refractivity contribution is -0.142. The lowest BCUT2D eigenvalue weighted by Gasteiger charge is -2.27. The smallest absolute Gasteiger partial charge is 0.327 e. The first-order valence-corrected chi connectivity index (χ1v) is 17.2. The number of carbonyl (C=O) groups is 4. The Kier molecular flexibility index (Phi) is 8.96. The fourth-order valence-corrected chi connectivity index (χ4v) is 7.80. The van der Waals surface area contributed by atoms with E-state index in [4.69, 9.17) is 0 Å². The number of aromatic nitrogens is 6. The number of hydrogen-bond acceptors (Lipinski definition) is 8. The number of nitrogens with zero attached hydrogens (tertiary/aromatic N) is 7. The van der Waals surface area contributed by atoms with Gasteiger partial charge in [0.05, 0.1) is 23.7 Å². The van der Waals surface area contributed by atoms with E-state index in [2.05, 4.69) is 20.2 Å². The van der Waals surface area contributed by atoms with Crippen molar-refractivity contribution in [1.29, 1.82) is 0 Å². The molecule has 0 spiro atoms. The van der Waals surface area contributed by atoms with Crippen LogP contribution in [-0.2, 0) is 40.3 Å². The Labute approximate surface area is 291 Å². The monoisotopic (exact) mass is 701 g/mol. The molecule has 1 amide bonds. The second kappa shape index (κ2) is 13.3. The highest BCUT2D eigenvalue weighted by Gasteiger charge is 2.66. The summed E-state index contributed by atoms with van der Waals surface area (Å²) in [5.41, 5.74) is 3.03. The van der Waals surface area contributed by atoms with Crippen LogP contribution in [0.3, 0.4) is 0 Å². The summed E-state index contributed by atoms with van der Waals surface area (Å²) in [6, 6.07) is 4.14. The second-order valence-corrected chi connectivity index (χ2v) is 14.1. The van der Waals surface area contributed by atoms with E-state index < -0.39 is 18.8 Å². The predicted molar refractivity (Wildman–Crippen MR) is 180 cm³/mol. The molecule has 0 unspecified atom stereocenters. The lowest BCUT2D eigenvalue weighted by Crippen LogP contribution is -2.45. The molecule has 3 aliphatic rings. The van der Waals surface area contributed by atoms with Crippen molar-refractivity contribution < 1.29 is 32.3 Å². The van der Waals surface area contributed by atoms with Crippen LogP contribution in [0.15, 0.2) is 48.9 Å². The number of benzene rings is 1. The van der Waals surface area contributed by atoms with Crippen LogP contribution in [0.25, 0.3) is 22.0 Å². The molecular weight excluding hydrogens is 663 g/mol. The average molecular weight is 702 g/mol. The van der Waals surface area contributed by atoms with Gasteiger partial charge in [0.1, 0.15) is 30.4 Å². The molecular formula is C37H38F3N7O4. The molecule has 51 heavy (non-hydrogen) atoms. The zero-order chi connectivity index (χ0) is 36.1. The number of carbonyl (C=O) groups excluding carboxylic acids is 4. The van der Waals surface area contributed by atoms with Crippen LogP contribution in [0, 0.1) is 12.3 Å². The number of halogens is 3. The number of amides is 1. The van der Waals surface area contributed by atoms with Crippen molar-refractivity contribution in [3.63, 3.8) is 0 Å². The second-order valence-electron chi connectivity index (χ2n) is 14.1. The van der Waals surface area contributed by atoms with E-state index in [1.54, 1.807) is 28.9 Å². The summed E-state index contributed by atoms with van der Waals surface area (Å²) in [4.78, 5) is 64.4. The fourth-order valence-electron chi connectivity index (χ4n) is 7.80. The van der Waals surface area contributed by atoms with E-state index in [1.807, 2.05) is 24.3 Å². The van der Waals surface area contributed by atoms with Gasteiger partial charge in [-0.15, -0.1) is 0 Å². The first-order chi connectivity index (χ1) is 24.3. The summed E-state index contributed by atoms with van der Waals surface area (Å²) in [6.07, 6.45) is 8.23. The molecule has 4 aromatic rings. The fraction of sp³-hybridized carbons (Fsp3) is 0.459. The Morgan fingerprint density at radius 1 is 1.02 bits per heavy atom. The van der Waals surface area contributed by atoms with Crippen LogP contribution in [0.4, 0.5) is 13.2 Å². The maximum absolute atomic E-state index is 14.4. The van der Waals surface area contributed by atoms with Crippen molar-refractivity contribution in [1.82, 2.24) is 34.4 Å². The van der Waals surface area contributed by atoms with E-state index in [9.17, 15) is 32.3 Å². The van der Waals surface area contributed by atoms with Crippen molar-refractivity contribution in [2.24, 2.45) is 5.41 Å². The van der Waals surface area contributed by atoms with Crippen LogP contribution in [0.2, 0.25) is 0 Å². The third-order valence-corrected chi connectivity index (χ3v) is 10.4. The molecule has 2 fully saturated rings. The zero-order valence-electron chi connectivity index (χ0n) is 28.4. The molecule has 0 radical (unpaired) electrons. The Balaban J connectivity index is 1.26. The number of rotatable bonds is 6. The van der Waals surface area contributed by atoms with Crippen LogP contribution in [0.5, 0.6) is 0 Å². The zero-order valence-corrected chi connectivity index (χ0v) is 28.4. The molecule has 1 saturated heterocycles. The van der Waals surface area contributed by atoms with Gasteiger partial charge in [0, 0.05) is 55.3 Å². The van der Waals surface area contributed by atoms with Crippen molar-refractivity contribution >= 4 is 34.2 Å². The minimum atomic E-state index is -4.46. The summed E-state index contributed by atoms with van der Waals surface area (Å²) >= 11 is 0. The molecule has 11 nitrogen and oxygen atoms in total. The number of hydrogen-bond donors (Lipinski definition) is 0. The SMILES string of the molecule is CC(=O)c1nn2c3c(cc(-c4cnc(C)nc4)cc13)CC=CCCCC(=O)CC[C@@]13C[C@@H](C(=O)Cc4ccn(CC(F)(F)F)n4)N(C(=O)C2)[C@@H]1C3. The van der Waals surface area contributed by atoms with Gasteiger partial charge in [0.2, 0.25) is 5.91 Å². The lowest BCUT2D eigenvalue weighted by atomic mass is 9.90. The molecule has 5 heterocycles. The predicted octanol–water partition coefficient (Wildman–Crippen LogP) is 5.57. The van der Waals surface area contributed by atoms with Crippen LogP contribution < -0.4 is 0 Å².